The van der Waals surface area contributed by atoms with Crippen molar-refractivity contribution >= 4 is 46.3 Å². The topological polar surface area (TPSA) is 224 Å². The highest BCUT2D eigenvalue weighted by atomic mass is 16.2. The van der Waals surface area contributed by atoms with E-state index in [1.807, 2.05) is 127 Å². The number of primary amides is 1. The molecule has 3 atom stereocenters. The second-order valence-electron chi connectivity index (χ2n) is 14.3. The third-order valence-electron chi connectivity index (χ3n) is 9.83. The van der Waals surface area contributed by atoms with Crippen molar-refractivity contribution in [2.75, 3.05) is 13.1 Å². The zero-order chi connectivity index (χ0) is 42.0. The Balaban J connectivity index is 1.32. The van der Waals surface area contributed by atoms with Crippen LogP contribution in [0.2, 0.25) is 0 Å². The number of amides is 5. The van der Waals surface area contributed by atoms with Crippen LogP contribution in [0, 0.1) is 0 Å². The maximum atomic E-state index is 14.2. The summed E-state index contributed by atoms with van der Waals surface area (Å²) in [5, 5.41) is 13.3. The lowest BCUT2D eigenvalue weighted by Gasteiger charge is -2.26. The molecule has 0 fully saturated rings. The van der Waals surface area contributed by atoms with Crippen LogP contribution in [0.3, 0.4) is 0 Å². The van der Waals surface area contributed by atoms with Crippen LogP contribution in [-0.4, -0.2) is 66.7 Å². The molecule has 0 heterocycles. The minimum Gasteiger partial charge on any atom is -0.370 e. The summed E-state index contributed by atoms with van der Waals surface area (Å²) in [5.74, 6) is -2.95. The Morgan fingerprint density at radius 1 is 0.576 bits per heavy atom. The number of fused-ring (bicyclic) bond motifs is 1. The van der Waals surface area contributed by atoms with Crippen LogP contribution in [-0.2, 0) is 43.2 Å². The summed E-state index contributed by atoms with van der Waals surface area (Å²) in [5.41, 5.74) is 21.1. The van der Waals surface area contributed by atoms with Crippen LogP contribution in [0.5, 0.6) is 0 Å². The van der Waals surface area contributed by atoms with E-state index in [2.05, 4.69) is 26.3 Å². The van der Waals surface area contributed by atoms with Gasteiger partial charge >= 0.3 is 0 Å². The molecule has 5 aromatic carbocycles. The van der Waals surface area contributed by atoms with Gasteiger partial charge in [0.2, 0.25) is 29.5 Å². The number of nitrogens with one attached hydrogen (secondary N) is 4. The van der Waals surface area contributed by atoms with E-state index in [-0.39, 0.29) is 44.6 Å². The number of carbonyl (C=O) groups excluding carboxylic acids is 5. The first-order chi connectivity index (χ1) is 28.5. The maximum Gasteiger partial charge on any atom is 0.243 e. The second kappa shape index (κ2) is 22.1. The Labute approximate surface area is 344 Å². The molecule has 0 saturated carbocycles. The molecule has 59 heavy (non-hydrogen) atoms. The highest BCUT2D eigenvalue weighted by Crippen LogP contribution is 2.21. The molecule has 0 spiro atoms. The van der Waals surface area contributed by atoms with E-state index in [1.165, 1.54) is 0 Å². The summed E-state index contributed by atoms with van der Waals surface area (Å²) >= 11 is 0. The minimum atomic E-state index is -1.20. The first-order valence-corrected chi connectivity index (χ1v) is 19.7. The minimum absolute atomic E-state index is 0.0346. The van der Waals surface area contributed by atoms with Gasteiger partial charge in [-0.1, -0.05) is 127 Å². The Hall–Kier alpha value is -7.02. The molecule has 13 nitrogen and oxygen atoms in total. The number of hydrogen-bond acceptors (Lipinski definition) is 6. The summed E-state index contributed by atoms with van der Waals surface area (Å²) in [6.07, 6.45) is 0.815. The Morgan fingerprint density at radius 2 is 1.19 bits per heavy atom. The van der Waals surface area contributed by atoms with Crippen LogP contribution in [0.1, 0.15) is 42.4 Å². The maximum absolute atomic E-state index is 14.2. The van der Waals surface area contributed by atoms with E-state index in [0.29, 0.717) is 24.9 Å². The van der Waals surface area contributed by atoms with Gasteiger partial charge in [0.05, 0.1) is 6.42 Å². The predicted molar refractivity (Wildman–Crippen MR) is 231 cm³/mol. The normalized spacial score (nSPS) is 12.3. The third kappa shape index (κ3) is 13.8. The van der Waals surface area contributed by atoms with Crippen LogP contribution < -0.4 is 38.5 Å². The number of nitrogens with zero attached hydrogens (tertiary/aromatic N) is 1. The third-order valence-corrected chi connectivity index (χ3v) is 9.83. The predicted octanol–water partition coefficient (Wildman–Crippen LogP) is 3.42. The molecule has 0 aliphatic heterocycles. The van der Waals surface area contributed by atoms with Crippen molar-refractivity contribution in [1.29, 1.82) is 0 Å². The molecular formula is C46H52N8O5. The van der Waals surface area contributed by atoms with Crippen molar-refractivity contribution in [3.63, 3.8) is 0 Å². The van der Waals surface area contributed by atoms with Crippen LogP contribution in [0.25, 0.3) is 21.9 Å². The number of guanidine groups is 1. The fraction of sp³-hybridized carbons (Fsp3) is 0.261. The van der Waals surface area contributed by atoms with E-state index < -0.39 is 47.7 Å². The molecule has 0 aromatic heterocycles. The van der Waals surface area contributed by atoms with Gasteiger partial charge < -0.3 is 38.5 Å². The second-order valence-corrected chi connectivity index (χ2v) is 14.3. The summed E-state index contributed by atoms with van der Waals surface area (Å²) in [4.78, 5) is 71.1. The summed E-state index contributed by atoms with van der Waals surface area (Å²) in [7, 11) is 0. The van der Waals surface area contributed by atoms with E-state index in [1.54, 1.807) is 0 Å². The highest BCUT2D eigenvalue weighted by Gasteiger charge is 2.30. The van der Waals surface area contributed by atoms with Crippen molar-refractivity contribution in [2.24, 2.45) is 22.2 Å². The fourth-order valence-electron chi connectivity index (χ4n) is 6.75. The molecule has 0 radical (unpaired) electrons. The number of benzene rings is 5. The van der Waals surface area contributed by atoms with E-state index in [9.17, 15) is 24.0 Å². The van der Waals surface area contributed by atoms with Crippen molar-refractivity contribution in [1.82, 2.24) is 21.3 Å². The van der Waals surface area contributed by atoms with Crippen molar-refractivity contribution < 1.29 is 24.0 Å². The molecule has 0 bridgehead atoms. The van der Waals surface area contributed by atoms with Crippen LogP contribution in [0.15, 0.2) is 132 Å². The molecule has 0 aliphatic carbocycles. The van der Waals surface area contributed by atoms with Crippen molar-refractivity contribution in [3.05, 3.63) is 144 Å². The molecule has 5 rings (SSSR count). The number of rotatable bonds is 21. The number of hydrogen-bond donors (Lipinski definition) is 7. The molecule has 0 aliphatic rings. The molecule has 5 amide bonds. The average molecular weight is 797 g/mol. The monoisotopic (exact) mass is 796 g/mol. The molecule has 5 aromatic rings. The van der Waals surface area contributed by atoms with Crippen molar-refractivity contribution in [3.8, 4) is 11.1 Å². The first kappa shape index (κ1) is 43.1. The van der Waals surface area contributed by atoms with Gasteiger partial charge in [0.15, 0.2) is 5.96 Å². The van der Waals surface area contributed by atoms with Gasteiger partial charge in [-0.15, -0.1) is 0 Å². The van der Waals surface area contributed by atoms with Crippen molar-refractivity contribution in [2.45, 2.75) is 63.1 Å². The lowest BCUT2D eigenvalue weighted by molar-refractivity contribution is -0.134. The first-order valence-electron chi connectivity index (χ1n) is 19.7. The van der Waals surface area contributed by atoms with Gasteiger partial charge in [0.1, 0.15) is 18.1 Å². The largest absolute Gasteiger partial charge is 0.370 e. The molecule has 306 valence electrons. The average Bonchev–Trinajstić information content (AvgIpc) is 3.24. The zero-order valence-corrected chi connectivity index (χ0v) is 32.9. The highest BCUT2D eigenvalue weighted by molar-refractivity contribution is 5.95. The summed E-state index contributed by atoms with van der Waals surface area (Å²) < 4.78 is 0. The molecule has 0 saturated heterocycles. The Bertz CT molecular complexity index is 2200. The summed E-state index contributed by atoms with van der Waals surface area (Å²) in [6, 6.07) is 37.2. The smallest absolute Gasteiger partial charge is 0.243 e. The van der Waals surface area contributed by atoms with Gasteiger partial charge in [0.25, 0.3) is 0 Å². The standard InChI is InChI=1S/C46H52N8O5/c47-41(55)25-24-39(52-42(56)29-32-20-22-34(23-21-32)33-13-5-2-6-14-33)45(59)53-38(19-10-27-51-46(48)49)44(58)54-40(43(57)50-28-26-31-11-3-1-4-12-31)30-36-17-9-16-35-15-7-8-18-37(35)36/h1-9,11-18,20-23,38-40H,10,19,24-30H2,(H2,47,55)(H,50,57)(H,52,56)(H,53,59)(H,54,58)(H4,48,49,51)/t38-,39+,40+/m1/s1. The number of carbonyl (C=O) groups is 5. The van der Waals surface area contributed by atoms with Gasteiger partial charge in [0, 0.05) is 25.9 Å². The lowest BCUT2D eigenvalue weighted by Crippen LogP contribution is -2.57. The van der Waals surface area contributed by atoms with Gasteiger partial charge in [-0.3, -0.25) is 29.0 Å². The SMILES string of the molecule is NC(=O)CC[C@H](NC(=O)Cc1ccc(-c2ccccc2)cc1)C(=O)N[C@H](CCCN=C(N)N)C(=O)N[C@@H](Cc1cccc2ccccc12)C(=O)NCCc1ccccc1. The fourth-order valence-corrected chi connectivity index (χ4v) is 6.75. The van der Waals surface area contributed by atoms with Crippen LogP contribution in [0.4, 0.5) is 0 Å². The molecule has 10 N–H and O–H groups in total. The van der Waals surface area contributed by atoms with Gasteiger partial charge in [-0.2, -0.15) is 0 Å². The summed E-state index contributed by atoms with van der Waals surface area (Å²) in [6.45, 7) is 0.508. The molecule has 13 heteroatoms. The molecule has 0 unspecified atom stereocenters. The number of aliphatic imine (C=N–C) groups is 1. The van der Waals surface area contributed by atoms with Gasteiger partial charge in [-0.25, -0.2) is 0 Å². The lowest BCUT2D eigenvalue weighted by atomic mass is 9.97. The zero-order valence-electron chi connectivity index (χ0n) is 32.9. The quantitative estimate of drug-likeness (QED) is 0.0333. The molecular weight excluding hydrogens is 745 g/mol. The Kier molecular flexibility index (Phi) is 16.1. The van der Waals surface area contributed by atoms with E-state index in [4.69, 9.17) is 17.2 Å². The van der Waals surface area contributed by atoms with Gasteiger partial charge in [-0.05, 0) is 64.3 Å². The van der Waals surface area contributed by atoms with Crippen LogP contribution >= 0.6 is 0 Å². The Morgan fingerprint density at radius 3 is 1.88 bits per heavy atom. The number of nitrogens with two attached hydrogens (primary N) is 3. The van der Waals surface area contributed by atoms with E-state index >= 15 is 0 Å². The van der Waals surface area contributed by atoms with E-state index in [0.717, 1.165) is 33.0 Å².